The standard InChI is InChI=1S/C7H10O/c1-3-4-7(2)5-6-8/h4-5,8H,1,6H2,2H3. The Morgan fingerprint density at radius 2 is 2.50 bits per heavy atom. The summed E-state index contributed by atoms with van der Waals surface area (Å²) >= 11 is 0. The molecule has 0 spiro atoms. The molecule has 0 rings (SSSR count). The maximum atomic E-state index is 8.32. The van der Waals surface area contributed by atoms with Gasteiger partial charge in [-0.25, -0.2) is 0 Å². The summed E-state index contributed by atoms with van der Waals surface area (Å²) in [6, 6.07) is 0. The molecule has 0 fully saturated rings. The summed E-state index contributed by atoms with van der Waals surface area (Å²) < 4.78 is 0. The predicted octanol–water partition coefficient (Wildman–Crippen LogP) is 1.27. The van der Waals surface area contributed by atoms with Gasteiger partial charge in [0.2, 0.25) is 0 Å². The summed E-state index contributed by atoms with van der Waals surface area (Å²) in [5.41, 5.74) is 3.59. The second-order valence-electron chi connectivity index (χ2n) is 1.48. The van der Waals surface area contributed by atoms with Crippen LogP contribution in [0.5, 0.6) is 0 Å². The van der Waals surface area contributed by atoms with Gasteiger partial charge in [-0.05, 0) is 18.6 Å². The average molecular weight is 110 g/mol. The van der Waals surface area contributed by atoms with E-state index in [0.717, 1.165) is 5.57 Å². The van der Waals surface area contributed by atoms with Gasteiger partial charge in [-0.1, -0.05) is 12.7 Å². The summed E-state index contributed by atoms with van der Waals surface area (Å²) in [5.74, 6) is 0. The summed E-state index contributed by atoms with van der Waals surface area (Å²) in [5, 5.41) is 8.32. The van der Waals surface area contributed by atoms with E-state index in [1.165, 1.54) is 0 Å². The van der Waals surface area contributed by atoms with Crippen molar-refractivity contribution in [1.29, 1.82) is 0 Å². The van der Waals surface area contributed by atoms with E-state index in [4.69, 9.17) is 5.11 Å². The van der Waals surface area contributed by atoms with Gasteiger partial charge in [-0.2, -0.15) is 0 Å². The van der Waals surface area contributed by atoms with Gasteiger partial charge >= 0.3 is 0 Å². The van der Waals surface area contributed by atoms with Crippen molar-refractivity contribution in [2.24, 2.45) is 0 Å². The zero-order valence-corrected chi connectivity index (χ0v) is 5.02. The molecular formula is C7H10O. The minimum Gasteiger partial charge on any atom is -0.392 e. The SMILES string of the molecule is C=C=CC(C)=CCO. The first-order valence-corrected chi connectivity index (χ1v) is 2.44. The molecule has 0 amide bonds. The Hall–Kier alpha value is -0.780. The van der Waals surface area contributed by atoms with Crippen LogP contribution in [-0.2, 0) is 0 Å². The largest absolute Gasteiger partial charge is 0.392 e. The van der Waals surface area contributed by atoms with Gasteiger partial charge in [0.15, 0.2) is 0 Å². The molecule has 0 heterocycles. The van der Waals surface area contributed by atoms with E-state index in [1.807, 2.05) is 6.92 Å². The lowest BCUT2D eigenvalue weighted by Gasteiger charge is -1.83. The Balaban J connectivity index is 3.79. The second kappa shape index (κ2) is 4.38. The van der Waals surface area contributed by atoms with Crippen molar-refractivity contribution >= 4 is 0 Å². The molecule has 0 radical (unpaired) electrons. The quantitative estimate of drug-likeness (QED) is 0.419. The van der Waals surface area contributed by atoms with Crippen molar-refractivity contribution < 1.29 is 5.11 Å². The zero-order valence-electron chi connectivity index (χ0n) is 5.02. The monoisotopic (exact) mass is 110 g/mol. The molecule has 0 aliphatic rings. The Morgan fingerprint density at radius 3 is 2.88 bits per heavy atom. The van der Waals surface area contributed by atoms with Crippen LogP contribution in [0.3, 0.4) is 0 Å². The fraction of sp³-hybridized carbons (Fsp3) is 0.286. The van der Waals surface area contributed by atoms with Crippen LogP contribution in [0.25, 0.3) is 0 Å². The predicted molar refractivity (Wildman–Crippen MR) is 34.6 cm³/mol. The Bertz CT molecular complexity index is 127. The lowest BCUT2D eigenvalue weighted by Crippen LogP contribution is -1.73. The molecule has 0 aromatic carbocycles. The lowest BCUT2D eigenvalue weighted by molar-refractivity contribution is 0.342. The summed E-state index contributed by atoms with van der Waals surface area (Å²) in [4.78, 5) is 0. The molecule has 0 bridgehead atoms. The maximum Gasteiger partial charge on any atom is 0.0618 e. The summed E-state index contributed by atoms with van der Waals surface area (Å²) in [6.45, 7) is 5.35. The molecule has 0 aliphatic carbocycles. The highest BCUT2D eigenvalue weighted by atomic mass is 16.2. The van der Waals surface area contributed by atoms with Crippen LogP contribution in [0.2, 0.25) is 0 Å². The molecule has 0 aliphatic heterocycles. The molecule has 0 aromatic heterocycles. The molecule has 0 unspecified atom stereocenters. The fourth-order valence-electron chi connectivity index (χ4n) is 0.364. The van der Waals surface area contributed by atoms with Gasteiger partial charge in [0.05, 0.1) is 6.61 Å². The number of rotatable bonds is 2. The normalized spacial score (nSPS) is 10.5. The third kappa shape index (κ3) is 3.41. The van der Waals surface area contributed by atoms with Gasteiger partial charge < -0.3 is 5.11 Å². The van der Waals surface area contributed by atoms with Crippen LogP contribution in [0, 0.1) is 0 Å². The molecule has 1 nitrogen and oxygen atoms in total. The number of aliphatic hydroxyl groups is 1. The number of aliphatic hydroxyl groups excluding tert-OH is 1. The van der Waals surface area contributed by atoms with E-state index >= 15 is 0 Å². The van der Waals surface area contributed by atoms with Crippen molar-refractivity contribution in [1.82, 2.24) is 0 Å². The fourth-order valence-corrected chi connectivity index (χ4v) is 0.364. The lowest BCUT2D eigenvalue weighted by atomic mass is 10.3. The van der Waals surface area contributed by atoms with Crippen molar-refractivity contribution in [3.63, 3.8) is 0 Å². The molecular weight excluding hydrogens is 100 g/mol. The second-order valence-corrected chi connectivity index (χ2v) is 1.48. The Morgan fingerprint density at radius 1 is 1.88 bits per heavy atom. The van der Waals surface area contributed by atoms with Crippen molar-refractivity contribution in [3.8, 4) is 0 Å². The number of hydrogen-bond donors (Lipinski definition) is 1. The van der Waals surface area contributed by atoms with Crippen molar-refractivity contribution in [2.75, 3.05) is 6.61 Å². The third-order valence-electron chi connectivity index (χ3n) is 0.743. The third-order valence-corrected chi connectivity index (χ3v) is 0.743. The van der Waals surface area contributed by atoms with E-state index in [1.54, 1.807) is 12.2 Å². The summed E-state index contributed by atoms with van der Waals surface area (Å²) in [7, 11) is 0. The summed E-state index contributed by atoms with van der Waals surface area (Å²) in [6.07, 6.45) is 3.41. The van der Waals surface area contributed by atoms with Crippen LogP contribution >= 0.6 is 0 Å². The molecule has 0 saturated heterocycles. The Kier molecular flexibility index (Phi) is 3.95. The van der Waals surface area contributed by atoms with Crippen LogP contribution in [-0.4, -0.2) is 11.7 Å². The van der Waals surface area contributed by atoms with E-state index in [2.05, 4.69) is 12.3 Å². The molecule has 1 N–H and O–H groups in total. The van der Waals surface area contributed by atoms with Gasteiger partial charge in [0.25, 0.3) is 0 Å². The smallest absolute Gasteiger partial charge is 0.0618 e. The number of hydrogen-bond acceptors (Lipinski definition) is 1. The van der Waals surface area contributed by atoms with E-state index in [9.17, 15) is 0 Å². The molecule has 0 aromatic rings. The molecule has 44 valence electrons. The minimum absolute atomic E-state index is 0.0873. The van der Waals surface area contributed by atoms with E-state index in [-0.39, 0.29) is 6.61 Å². The topological polar surface area (TPSA) is 20.2 Å². The minimum atomic E-state index is 0.0873. The van der Waals surface area contributed by atoms with Gasteiger partial charge in [-0.3, -0.25) is 0 Å². The van der Waals surface area contributed by atoms with Gasteiger partial charge in [-0.15, -0.1) is 5.73 Å². The molecule has 0 atom stereocenters. The van der Waals surface area contributed by atoms with Gasteiger partial charge in [0.1, 0.15) is 0 Å². The van der Waals surface area contributed by atoms with E-state index < -0.39 is 0 Å². The first-order valence-electron chi connectivity index (χ1n) is 2.44. The van der Waals surface area contributed by atoms with Crippen LogP contribution < -0.4 is 0 Å². The first-order chi connectivity index (χ1) is 3.81. The van der Waals surface area contributed by atoms with E-state index in [0.29, 0.717) is 0 Å². The first kappa shape index (κ1) is 7.22. The highest BCUT2D eigenvalue weighted by molar-refractivity contribution is 5.14. The zero-order chi connectivity index (χ0) is 6.41. The van der Waals surface area contributed by atoms with Crippen molar-refractivity contribution in [3.05, 3.63) is 30.0 Å². The highest BCUT2D eigenvalue weighted by Crippen LogP contribution is 1.89. The van der Waals surface area contributed by atoms with Crippen molar-refractivity contribution in [2.45, 2.75) is 6.92 Å². The molecule has 0 saturated carbocycles. The maximum absolute atomic E-state index is 8.32. The van der Waals surface area contributed by atoms with Crippen LogP contribution in [0.15, 0.2) is 30.0 Å². The Labute approximate surface area is 49.7 Å². The average Bonchev–Trinajstić information content (AvgIpc) is 1.68. The van der Waals surface area contributed by atoms with Gasteiger partial charge in [0, 0.05) is 0 Å². The molecule has 1 heteroatoms. The molecule has 8 heavy (non-hydrogen) atoms. The van der Waals surface area contributed by atoms with Crippen LogP contribution in [0.4, 0.5) is 0 Å². The number of allylic oxidation sites excluding steroid dienone is 2. The van der Waals surface area contributed by atoms with Crippen LogP contribution in [0.1, 0.15) is 6.92 Å². The highest BCUT2D eigenvalue weighted by Gasteiger charge is 1.74.